The van der Waals surface area contributed by atoms with Crippen LogP contribution in [0.15, 0.2) is 42.5 Å². The molecule has 156 valence electrons. The van der Waals surface area contributed by atoms with E-state index in [-0.39, 0.29) is 28.6 Å². The summed E-state index contributed by atoms with van der Waals surface area (Å²) in [5, 5.41) is 5.08. The molecule has 0 aliphatic rings. The topological polar surface area (TPSA) is 58.2 Å². The average Bonchev–Trinajstić information content (AvgIpc) is 2.61. The number of carbonyl (C=O) groups excluding carboxylic acids is 2. The van der Waals surface area contributed by atoms with E-state index in [0.29, 0.717) is 6.42 Å². The first-order valence-corrected chi connectivity index (χ1v) is 9.02. The Kier molecular flexibility index (Phi) is 7.00. The molecule has 0 saturated carbocycles. The smallest absolute Gasteiger partial charge is 0.345 e. The van der Waals surface area contributed by atoms with Crippen LogP contribution >= 0.6 is 0 Å². The van der Waals surface area contributed by atoms with Gasteiger partial charge in [0.05, 0.1) is 17.2 Å². The first-order valence-electron chi connectivity index (χ1n) is 9.02. The SMILES string of the molecule is CC(=O)Nc1ccc(F)c(C(=O)NC(CC(C)C)c2cccc(C(F)(F)F)c2)c1. The lowest BCUT2D eigenvalue weighted by Crippen LogP contribution is -2.30. The molecular weight excluding hydrogens is 388 g/mol. The summed E-state index contributed by atoms with van der Waals surface area (Å²) in [6, 6.07) is 7.50. The summed E-state index contributed by atoms with van der Waals surface area (Å²) in [4.78, 5) is 23.8. The van der Waals surface area contributed by atoms with Crippen LogP contribution in [0.2, 0.25) is 0 Å². The van der Waals surface area contributed by atoms with Gasteiger partial charge in [0.25, 0.3) is 5.91 Å². The van der Waals surface area contributed by atoms with E-state index in [2.05, 4.69) is 10.6 Å². The zero-order valence-corrected chi connectivity index (χ0v) is 16.2. The number of carbonyl (C=O) groups is 2. The minimum Gasteiger partial charge on any atom is -0.345 e. The van der Waals surface area contributed by atoms with Crippen molar-refractivity contribution >= 4 is 17.5 Å². The second kappa shape index (κ2) is 9.07. The Balaban J connectivity index is 2.34. The van der Waals surface area contributed by atoms with Crippen LogP contribution in [0.5, 0.6) is 0 Å². The fourth-order valence-electron chi connectivity index (χ4n) is 2.90. The van der Waals surface area contributed by atoms with Crippen LogP contribution in [0.3, 0.4) is 0 Å². The molecule has 2 aromatic carbocycles. The van der Waals surface area contributed by atoms with E-state index in [1.165, 1.54) is 31.2 Å². The van der Waals surface area contributed by atoms with Gasteiger partial charge in [0.2, 0.25) is 5.91 Å². The van der Waals surface area contributed by atoms with Gasteiger partial charge < -0.3 is 10.6 Å². The minimum absolute atomic E-state index is 0.0606. The first-order chi connectivity index (χ1) is 13.5. The Labute approximate surface area is 166 Å². The van der Waals surface area contributed by atoms with Gasteiger partial charge in [0, 0.05) is 12.6 Å². The molecule has 0 fully saturated rings. The van der Waals surface area contributed by atoms with Gasteiger partial charge in [0.1, 0.15) is 5.82 Å². The van der Waals surface area contributed by atoms with Crippen molar-refractivity contribution in [2.45, 2.75) is 39.4 Å². The van der Waals surface area contributed by atoms with Gasteiger partial charge >= 0.3 is 6.18 Å². The van der Waals surface area contributed by atoms with Crippen LogP contribution in [0.25, 0.3) is 0 Å². The molecule has 0 bridgehead atoms. The fourth-order valence-corrected chi connectivity index (χ4v) is 2.90. The van der Waals surface area contributed by atoms with Crippen molar-refractivity contribution in [1.29, 1.82) is 0 Å². The number of rotatable bonds is 6. The highest BCUT2D eigenvalue weighted by Crippen LogP contribution is 2.32. The van der Waals surface area contributed by atoms with Crippen molar-refractivity contribution < 1.29 is 27.2 Å². The molecule has 8 heteroatoms. The Morgan fingerprint density at radius 3 is 2.34 bits per heavy atom. The lowest BCUT2D eigenvalue weighted by atomic mass is 9.95. The summed E-state index contributed by atoms with van der Waals surface area (Å²) in [6.07, 6.45) is -4.15. The second-order valence-corrected chi connectivity index (χ2v) is 7.15. The van der Waals surface area contributed by atoms with Crippen molar-refractivity contribution in [3.63, 3.8) is 0 Å². The Morgan fingerprint density at radius 1 is 1.07 bits per heavy atom. The van der Waals surface area contributed by atoms with E-state index in [0.717, 1.165) is 18.2 Å². The van der Waals surface area contributed by atoms with Crippen LogP contribution in [-0.2, 0) is 11.0 Å². The largest absolute Gasteiger partial charge is 0.416 e. The van der Waals surface area contributed by atoms with E-state index in [1.54, 1.807) is 0 Å². The quantitative estimate of drug-likeness (QED) is 0.634. The maximum Gasteiger partial charge on any atom is 0.416 e. The van der Waals surface area contributed by atoms with Crippen LogP contribution in [0.4, 0.5) is 23.2 Å². The number of alkyl halides is 3. The standard InChI is InChI=1S/C21H22F4N2O2/c1-12(2)9-19(14-5-4-6-15(10-14)21(23,24)25)27-20(29)17-11-16(26-13(3)28)7-8-18(17)22/h4-8,10-12,19H,9H2,1-3H3,(H,26,28)(H,27,29). The number of halogens is 4. The molecule has 2 rings (SSSR count). The van der Waals surface area contributed by atoms with E-state index in [9.17, 15) is 27.2 Å². The molecule has 2 N–H and O–H groups in total. The third-order valence-electron chi connectivity index (χ3n) is 4.16. The number of benzene rings is 2. The third kappa shape index (κ3) is 6.30. The van der Waals surface area contributed by atoms with Crippen LogP contribution < -0.4 is 10.6 Å². The second-order valence-electron chi connectivity index (χ2n) is 7.15. The van der Waals surface area contributed by atoms with E-state index in [4.69, 9.17) is 0 Å². The number of hydrogen-bond acceptors (Lipinski definition) is 2. The average molecular weight is 410 g/mol. The molecule has 0 radical (unpaired) electrons. The first kappa shape index (κ1) is 22.4. The molecule has 29 heavy (non-hydrogen) atoms. The molecule has 0 spiro atoms. The maximum atomic E-state index is 14.2. The lowest BCUT2D eigenvalue weighted by Gasteiger charge is -2.22. The predicted molar refractivity (Wildman–Crippen MR) is 102 cm³/mol. The maximum absolute atomic E-state index is 14.2. The summed E-state index contributed by atoms with van der Waals surface area (Å²) >= 11 is 0. The van der Waals surface area contributed by atoms with Gasteiger partial charge in [0.15, 0.2) is 0 Å². The van der Waals surface area contributed by atoms with E-state index < -0.39 is 29.5 Å². The number of nitrogens with one attached hydrogen (secondary N) is 2. The number of amides is 2. The molecule has 2 aromatic rings. The van der Waals surface area contributed by atoms with Gasteiger partial charge in [-0.25, -0.2) is 4.39 Å². The molecule has 0 aliphatic carbocycles. The summed E-state index contributed by atoms with van der Waals surface area (Å²) in [5.41, 5.74) is -0.613. The van der Waals surface area contributed by atoms with Crippen molar-refractivity contribution in [3.05, 3.63) is 65.0 Å². The van der Waals surface area contributed by atoms with Gasteiger partial charge in [-0.3, -0.25) is 9.59 Å². The third-order valence-corrected chi connectivity index (χ3v) is 4.16. The molecular formula is C21H22F4N2O2. The van der Waals surface area contributed by atoms with E-state index in [1.807, 2.05) is 13.8 Å². The van der Waals surface area contributed by atoms with Crippen LogP contribution in [0.1, 0.15) is 54.7 Å². The molecule has 1 atom stereocenters. The monoisotopic (exact) mass is 410 g/mol. The molecule has 2 amide bonds. The summed E-state index contributed by atoms with van der Waals surface area (Å²) in [5.74, 6) is -1.91. The molecule has 0 aliphatic heterocycles. The minimum atomic E-state index is -4.51. The highest BCUT2D eigenvalue weighted by molar-refractivity contribution is 5.97. The van der Waals surface area contributed by atoms with Crippen molar-refractivity contribution in [3.8, 4) is 0 Å². The molecule has 0 aromatic heterocycles. The van der Waals surface area contributed by atoms with Gasteiger partial charge in [-0.15, -0.1) is 0 Å². The Hall–Kier alpha value is -2.90. The molecule has 0 heterocycles. The van der Waals surface area contributed by atoms with Gasteiger partial charge in [-0.1, -0.05) is 26.0 Å². The van der Waals surface area contributed by atoms with Crippen LogP contribution in [-0.4, -0.2) is 11.8 Å². The van der Waals surface area contributed by atoms with Crippen molar-refractivity contribution in [1.82, 2.24) is 5.32 Å². The highest BCUT2D eigenvalue weighted by Gasteiger charge is 2.31. The Bertz CT molecular complexity index is 894. The highest BCUT2D eigenvalue weighted by atomic mass is 19.4. The predicted octanol–water partition coefficient (Wildman–Crippen LogP) is 5.32. The Morgan fingerprint density at radius 2 is 1.76 bits per heavy atom. The summed E-state index contributed by atoms with van der Waals surface area (Å²) in [6.45, 7) is 5.00. The lowest BCUT2D eigenvalue weighted by molar-refractivity contribution is -0.137. The van der Waals surface area contributed by atoms with Crippen LogP contribution in [0, 0.1) is 11.7 Å². The number of anilines is 1. The number of hydrogen-bond donors (Lipinski definition) is 2. The molecule has 0 saturated heterocycles. The van der Waals surface area contributed by atoms with Crippen molar-refractivity contribution in [2.75, 3.05) is 5.32 Å². The molecule has 4 nitrogen and oxygen atoms in total. The molecule has 1 unspecified atom stereocenters. The fraction of sp³-hybridized carbons (Fsp3) is 0.333. The van der Waals surface area contributed by atoms with Gasteiger partial charge in [-0.05, 0) is 48.2 Å². The van der Waals surface area contributed by atoms with E-state index >= 15 is 0 Å². The van der Waals surface area contributed by atoms with Crippen molar-refractivity contribution in [2.24, 2.45) is 5.92 Å². The zero-order chi connectivity index (χ0) is 21.8. The normalized spacial score (nSPS) is 12.6. The van der Waals surface area contributed by atoms with Gasteiger partial charge in [-0.2, -0.15) is 13.2 Å². The summed E-state index contributed by atoms with van der Waals surface area (Å²) < 4.78 is 53.3. The zero-order valence-electron chi connectivity index (χ0n) is 16.2. The summed E-state index contributed by atoms with van der Waals surface area (Å²) in [7, 11) is 0.